The van der Waals surface area contributed by atoms with Gasteiger partial charge in [-0.2, -0.15) is 0 Å². The highest BCUT2D eigenvalue weighted by molar-refractivity contribution is 5.87. The molecule has 0 radical (unpaired) electrons. The first-order chi connectivity index (χ1) is 10.2. The van der Waals surface area contributed by atoms with Gasteiger partial charge < -0.3 is 9.72 Å². The molecule has 110 valence electrons. The molecule has 1 unspecified atom stereocenters. The Kier molecular flexibility index (Phi) is 3.64. The molecule has 0 saturated carbocycles. The summed E-state index contributed by atoms with van der Waals surface area (Å²) in [4.78, 5) is 20.5. The van der Waals surface area contributed by atoms with Crippen molar-refractivity contribution in [2.75, 3.05) is 19.1 Å². The molecule has 0 aliphatic heterocycles. The average Bonchev–Trinajstić information content (AvgIpc) is 3.16. The number of benzene rings is 1. The van der Waals surface area contributed by atoms with Crippen LogP contribution in [-0.2, 0) is 17.6 Å². The van der Waals surface area contributed by atoms with Gasteiger partial charge in [-0.05, 0) is 48.4 Å². The molecular formula is C16H19N3O2. The predicted molar refractivity (Wildman–Crippen MR) is 80.6 cm³/mol. The molecule has 2 aromatic rings. The summed E-state index contributed by atoms with van der Waals surface area (Å²) in [6, 6.07) is 6.21. The topological polar surface area (TPSA) is 58.2 Å². The van der Waals surface area contributed by atoms with Crippen molar-refractivity contribution in [2.24, 2.45) is 0 Å². The minimum absolute atomic E-state index is 0.350. The Morgan fingerprint density at radius 1 is 1.52 bits per heavy atom. The molecule has 0 bridgehead atoms. The third kappa shape index (κ3) is 2.63. The van der Waals surface area contributed by atoms with Gasteiger partial charge in [-0.15, -0.1) is 0 Å². The lowest BCUT2D eigenvalue weighted by Gasteiger charge is -2.18. The van der Waals surface area contributed by atoms with E-state index < -0.39 is 0 Å². The van der Waals surface area contributed by atoms with Gasteiger partial charge in [-0.25, -0.2) is 9.78 Å². The van der Waals surface area contributed by atoms with Crippen LogP contribution in [0.15, 0.2) is 30.7 Å². The van der Waals surface area contributed by atoms with Crippen LogP contribution in [-0.4, -0.2) is 30.2 Å². The van der Waals surface area contributed by atoms with Crippen LogP contribution in [0.4, 0.5) is 10.5 Å². The average molecular weight is 285 g/mol. The Morgan fingerprint density at radius 3 is 3.10 bits per heavy atom. The number of aromatic amines is 1. The van der Waals surface area contributed by atoms with E-state index in [-0.39, 0.29) is 6.09 Å². The van der Waals surface area contributed by atoms with E-state index in [1.54, 1.807) is 13.4 Å². The van der Waals surface area contributed by atoms with Gasteiger partial charge in [0.05, 0.1) is 19.1 Å². The summed E-state index contributed by atoms with van der Waals surface area (Å²) in [7, 11) is 3.12. The zero-order valence-electron chi connectivity index (χ0n) is 12.3. The van der Waals surface area contributed by atoms with E-state index in [4.69, 9.17) is 4.74 Å². The van der Waals surface area contributed by atoms with Gasteiger partial charge in [0.15, 0.2) is 0 Å². The number of aromatic nitrogens is 2. The first-order valence-electron chi connectivity index (χ1n) is 7.11. The van der Waals surface area contributed by atoms with Gasteiger partial charge in [-0.3, -0.25) is 4.90 Å². The Hall–Kier alpha value is -2.30. The Balaban J connectivity index is 1.85. The lowest BCUT2D eigenvalue weighted by Crippen LogP contribution is -2.25. The summed E-state index contributed by atoms with van der Waals surface area (Å²) in [5, 5.41) is 0. The van der Waals surface area contributed by atoms with Gasteiger partial charge in [0, 0.05) is 18.9 Å². The molecular weight excluding hydrogens is 266 g/mol. The maximum absolute atomic E-state index is 11.6. The van der Waals surface area contributed by atoms with Crippen LogP contribution in [0, 0.1) is 0 Å². The van der Waals surface area contributed by atoms with Crippen molar-refractivity contribution in [3.05, 3.63) is 47.5 Å². The van der Waals surface area contributed by atoms with Crippen LogP contribution < -0.4 is 4.90 Å². The zero-order valence-corrected chi connectivity index (χ0v) is 12.3. The summed E-state index contributed by atoms with van der Waals surface area (Å²) < 4.78 is 4.77. The van der Waals surface area contributed by atoms with E-state index >= 15 is 0 Å². The normalized spacial score (nSPS) is 16.6. The molecule has 1 aromatic carbocycles. The maximum atomic E-state index is 11.6. The molecule has 1 heterocycles. The number of fused-ring (bicyclic) bond motifs is 1. The number of nitrogens with zero attached hydrogens (tertiary/aromatic N) is 2. The number of hydrogen-bond acceptors (Lipinski definition) is 3. The summed E-state index contributed by atoms with van der Waals surface area (Å²) >= 11 is 0. The van der Waals surface area contributed by atoms with Crippen molar-refractivity contribution in [2.45, 2.75) is 25.2 Å². The minimum atomic E-state index is -0.350. The van der Waals surface area contributed by atoms with Crippen LogP contribution in [0.25, 0.3) is 0 Å². The standard InChI is InChI=1S/C16H19N3O2/c1-19(16(20)21-2)14-6-5-11-3-4-12(15(11)8-14)7-13-9-17-10-18-13/h5-6,8-10,12H,3-4,7H2,1-2H3,(H,17,18). The maximum Gasteiger partial charge on any atom is 0.413 e. The molecule has 1 atom stereocenters. The molecule has 0 saturated heterocycles. The highest BCUT2D eigenvalue weighted by Crippen LogP contribution is 2.37. The molecule has 5 nitrogen and oxygen atoms in total. The van der Waals surface area contributed by atoms with E-state index in [1.165, 1.54) is 23.1 Å². The number of rotatable bonds is 3. The predicted octanol–water partition coefficient (Wildman–Crippen LogP) is 2.88. The SMILES string of the molecule is COC(=O)N(C)c1ccc2c(c1)C(Cc1c[nH]cn1)CC2. The second kappa shape index (κ2) is 5.60. The van der Waals surface area contributed by atoms with Crippen molar-refractivity contribution in [1.82, 2.24) is 9.97 Å². The molecule has 1 N–H and O–H groups in total. The molecule has 1 aromatic heterocycles. The van der Waals surface area contributed by atoms with Crippen molar-refractivity contribution in [1.29, 1.82) is 0 Å². The number of carbonyl (C=O) groups is 1. The highest BCUT2D eigenvalue weighted by Gasteiger charge is 2.24. The summed E-state index contributed by atoms with van der Waals surface area (Å²) in [5.41, 5.74) is 4.65. The number of anilines is 1. The Bertz CT molecular complexity index is 637. The van der Waals surface area contributed by atoms with E-state index in [2.05, 4.69) is 22.1 Å². The molecule has 0 fully saturated rings. The minimum Gasteiger partial charge on any atom is -0.452 e. The third-order valence-electron chi connectivity index (χ3n) is 4.18. The van der Waals surface area contributed by atoms with Crippen molar-refractivity contribution >= 4 is 11.8 Å². The number of carbonyl (C=O) groups excluding carboxylic acids is 1. The van der Waals surface area contributed by atoms with Crippen LogP contribution >= 0.6 is 0 Å². The number of hydrogen-bond donors (Lipinski definition) is 1. The van der Waals surface area contributed by atoms with E-state index in [0.29, 0.717) is 5.92 Å². The Labute approximate surface area is 124 Å². The first kappa shape index (κ1) is 13.7. The number of methoxy groups -OCH3 is 1. The lowest BCUT2D eigenvalue weighted by molar-refractivity contribution is 0.180. The fraction of sp³-hybridized carbons (Fsp3) is 0.375. The van der Waals surface area contributed by atoms with Crippen molar-refractivity contribution < 1.29 is 9.53 Å². The molecule has 3 rings (SSSR count). The Morgan fingerprint density at radius 2 is 2.38 bits per heavy atom. The fourth-order valence-corrected chi connectivity index (χ4v) is 2.99. The number of ether oxygens (including phenoxy) is 1. The van der Waals surface area contributed by atoms with Gasteiger partial charge in [0.25, 0.3) is 0 Å². The monoisotopic (exact) mass is 285 g/mol. The quantitative estimate of drug-likeness (QED) is 0.943. The largest absolute Gasteiger partial charge is 0.452 e. The summed E-state index contributed by atoms with van der Waals surface area (Å²) in [6.07, 6.45) is 6.47. The van der Waals surface area contributed by atoms with Gasteiger partial charge >= 0.3 is 6.09 Å². The fourth-order valence-electron chi connectivity index (χ4n) is 2.99. The van der Waals surface area contributed by atoms with Crippen LogP contribution in [0.5, 0.6) is 0 Å². The third-order valence-corrected chi connectivity index (χ3v) is 4.18. The van der Waals surface area contributed by atoms with Crippen LogP contribution in [0.3, 0.4) is 0 Å². The number of aryl methyl sites for hydroxylation is 1. The van der Waals surface area contributed by atoms with Gasteiger partial charge in [0.1, 0.15) is 0 Å². The number of amides is 1. The highest BCUT2D eigenvalue weighted by atomic mass is 16.5. The van der Waals surface area contributed by atoms with E-state index in [1.807, 2.05) is 12.3 Å². The number of imidazole rings is 1. The summed E-state index contributed by atoms with van der Waals surface area (Å²) in [6.45, 7) is 0. The van der Waals surface area contributed by atoms with Crippen LogP contribution in [0.1, 0.15) is 29.2 Å². The molecule has 0 spiro atoms. The molecule has 1 aliphatic carbocycles. The molecule has 5 heteroatoms. The van der Waals surface area contributed by atoms with E-state index in [0.717, 1.165) is 30.6 Å². The lowest BCUT2D eigenvalue weighted by atomic mass is 9.96. The zero-order chi connectivity index (χ0) is 14.8. The van der Waals surface area contributed by atoms with Gasteiger partial charge in [-0.1, -0.05) is 6.07 Å². The molecule has 21 heavy (non-hydrogen) atoms. The van der Waals surface area contributed by atoms with Crippen molar-refractivity contribution in [3.63, 3.8) is 0 Å². The van der Waals surface area contributed by atoms with E-state index in [9.17, 15) is 4.79 Å². The summed E-state index contributed by atoms with van der Waals surface area (Å²) in [5.74, 6) is 0.467. The van der Waals surface area contributed by atoms with Crippen LogP contribution in [0.2, 0.25) is 0 Å². The molecule has 1 aliphatic rings. The smallest absolute Gasteiger partial charge is 0.413 e. The number of nitrogens with one attached hydrogen (secondary N) is 1. The number of H-pyrrole nitrogens is 1. The first-order valence-corrected chi connectivity index (χ1v) is 7.11. The molecule has 1 amide bonds. The van der Waals surface area contributed by atoms with Gasteiger partial charge in [0.2, 0.25) is 0 Å². The second-order valence-electron chi connectivity index (χ2n) is 5.41. The second-order valence-corrected chi connectivity index (χ2v) is 5.41. The van der Waals surface area contributed by atoms with Crippen molar-refractivity contribution in [3.8, 4) is 0 Å².